The van der Waals surface area contributed by atoms with Gasteiger partial charge in [0.1, 0.15) is 36.2 Å². The molecule has 126 valence electrons. The van der Waals surface area contributed by atoms with Gasteiger partial charge in [-0.15, -0.1) is 0 Å². The summed E-state index contributed by atoms with van der Waals surface area (Å²) < 4.78 is 27.2. The summed E-state index contributed by atoms with van der Waals surface area (Å²) in [6.45, 7) is 3.12. The number of aliphatic hydroxyl groups is 1. The smallest absolute Gasteiger partial charge is 0.225 e. The Bertz CT molecular complexity index is 948. The molecule has 9 heteroatoms. The summed E-state index contributed by atoms with van der Waals surface area (Å²) >= 11 is 0. The standard InChI is InChI=1S/C15H17N5O4/c1-14(2)23-11-9(5-21)22-15(6-16,12(11)24-14)10-4-3-8-13(17)18-7-19-20(8)10/h3-4,7,9,11-12,21H,5H2,1-2H3,(H2,17,18,19)/t9?,11-,12-,15+/m1/s1/i3D. The molecule has 9 nitrogen and oxygen atoms in total. The highest BCUT2D eigenvalue weighted by Crippen LogP contribution is 2.48. The third-order valence-electron chi connectivity index (χ3n) is 4.37. The molecule has 2 aromatic heterocycles. The topological polar surface area (TPSA) is 129 Å². The van der Waals surface area contributed by atoms with Crippen LogP contribution in [-0.2, 0) is 19.8 Å². The van der Waals surface area contributed by atoms with Crippen LogP contribution in [-0.4, -0.2) is 50.4 Å². The van der Waals surface area contributed by atoms with Crippen LogP contribution >= 0.6 is 0 Å². The number of nitrogens with one attached hydrogen (secondary N) is 2. The SMILES string of the molecule is [2H]c1cc([C@]2(C#N)OC(CO)[C@H]3OC(C)(C)O[C@H]32)n2[nH]cnc(=N)c12. The number of fused-ring (bicyclic) bond motifs is 2. The Hall–Kier alpha value is -2.25. The van der Waals surface area contributed by atoms with Gasteiger partial charge in [0.15, 0.2) is 11.3 Å². The van der Waals surface area contributed by atoms with E-state index in [-0.39, 0.29) is 23.7 Å². The van der Waals surface area contributed by atoms with Gasteiger partial charge in [0.05, 0.1) is 13.7 Å². The van der Waals surface area contributed by atoms with Crippen LogP contribution in [0.15, 0.2) is 18.4 Å². The third kappa shape index (κ3) is 1.88. The minimum atomic E-state index is -1.60. The lowest BCUT2D eigenvalue weighted by Gasteiger charge is -2.28. The highest BCUT2D eigenvalue weighted by Gasteiger charge is 2.65. The van der Waals surface area contributed by atoms with Crippen molar-refractivity contribution in [3.63, 3.8) is 0 Å². The van der Waals surface area contributed by atoms with Crippen LogP contribution in [0.5, 0.6) is 0 Å². The number of H-pyrrole nitrogens is 1. The maximum atomic E-state index is 10.00. The number of aliphatic hydroxyl groups excluding tert-OH is 1. The van der Waals surface area contributed by atoms with Crippen LogP contribution < -0.4 is 5.49 Å². The van der Waals surface area contributed by atoms with Gasteiger partial charge in [-0.25, -0.2) is 4.98 Å². The van der Waals surface area contributed by atoms with E-state index in [4.69, 9.17) is 21.0 Å². The Morgan fingerprint density at radius 1 is 1.54 bits per heavy atom. The summed E-state index contributed by atoms with van der Waals surface area (Å²) in [5.41, 5.74) is -1.17. The van der Waals surface area contributed by atoms with Gasteiger partial charge in [-0.2, -0.15) is 5.26 Å². The van der Waals surface area contributed by atoms with Gasteiger partial charge in [0.25, 0.3) is 0 Å². The fraction of sp³-hybridized carbons (Fsp3) is 0.533. The molecule has 24 heavy (non-hydrogen) atoms. The normalized spacial score (nSPS) is 34.9. The van der Waals surface area contributed by atoms with Crippen molar-refractivity contribution in [2.45, 2.75) is 43.5 Å². The lowest BCUT2D eigenvalue weighted by atomic mass is 9.92. The van der Waals surface area contributed by atoms with Gasteiger partial charge in [-0.05, 0) is 26.0 Å². The van der Waals surface area contributed by atoms with Crippen molar-refractivity contribution in [1.82, 2.24) is 14.6 Å². The molecule has 0 saturated carbocycles. The van der Waals surface area contributed by atoms with Crippen LogP contribution in [0.25, 0.3) is 5.52 Å². The predicted molar refractivity (Wildman–Crippen MR) is 78.5 cm³/mol. The van der Waals surface area contributed by atoms with Gasteiger partial charge >= 0.3 is 0 Å². The van der Waals surface area contributed by atoms with Crippen molar-refractivity contribution < 1.29 is 20.7 Å². The Kier molecular flexibility index (Phi) is 2.87. The highest BCUT2D eigenvalue weighted by molar-refractivity contribution is 5.48. The van der Waals surface area contributed by atoms with Crippen LogP contribution in [0.4, 0.5) is 0 Å². The van der Waals surface area contributed by atoms with Gasteiger partial charge in [0, 0.05) is 0 Å². The van der Waals surface area contributed by atoms with Crippen LogP contribution in [0.2, 0.25) is 0 Å². The molecule has 0 spiro atoms. The molecule has 0 radical (unpaired) electrons. The molecule has 2 aromatic rings. The maximum Gasteiger partial charge on any atom is 0.225 e. The molecule has 3 N–H and O–H groups in total. The molecule has 0 aliphatic carbocycles. The number of nitriles is 1. The summed E-state index contributed by atoms with van der Waals surface area (Å²) in [5, 5.41) is 30.4. The summed E-state index contributed by atoms with van der Waals surface area (Å²) in [7, 11) is 0. The van der Waals surface area contributed by atoms with E-state index in [1.54, 1.807) is 13.8 Å². The number of hydrogen-bond acceptors (Lipinski definition) is 7. The molecule has 2 saturated heterocycles. The molecule has 2 aliphatic rings. The molecule has 4 rings (SSSR count). The number of ether oxygens (including phenoxy) is 3. The van der Waals surface area contributed by atoms with Gasteiger partial charge < -0.3 is 19.3 Å². The zero-order valence-electron chi connectivity index (χ0n) is 14.1. The average molecular weight is 332 g/mol. The second-order valence-corrected chi connectivity index (χ2v) is 6.30. The fourth-order valence-electron chi connectivity index (χ4n) is 3.42. The monoisotopic (exact) mass is 332 g/mol. The number of aromatic amines is 1. The minimum Gasteiger partial charge on any atom is -0.394 e. The van der Waals surface area contributed by atoms with Crippen molar-refractivity contribution in [3.8, 4) is 6.07 Å². The zero-order chi connectivity index (χ0) is 18.0. The number of rotatable bonds is 2. The summed E-state index contributed by atoms with van der Waals surface area (Å²) in [5.74, 6) is -0.933. The summed E-state index contributed by atoms with van der Waals surface area (Å²) in [6, 6.07) is 3.62. The van der Waals surface area contributed by atoms with Crippen molar-refractivity contribution >= 4 is 5.52 Å². The average Bonchev–Trinajstić information content (AvgIpc) is 3.16. The van der Waals surface area contributed by atoms with Crippen molar-refractivity contribution in [3.05, 3.63) is 29.6 Å². The maximum absolute atomic E-state index is 10.00. The molecule has 0 bridgehead atoms. The molecular formula is C15H17N5O4. The van der Waals surface area contributed by atoms with E-state index in [9.17, 15) is 10.4 Å². The van der Waals surface area contributed by atoms with Crippen molar-refractivity contribution in [1.29, 1.82) is 10.7 Å². The van der Waals surface area contributed by atoms with Gasteiger partial charge in [0.2, 0.25) is 5.60 Å². The van der Waals surface area contributed by atoms with Gasteiger partial charge in [-0.1, -0.05) is 0 Å². The molecule has 4 atom stereocenters. The number of nitrogens with zero attached hydrogens (tertiary/aromatic N) is 3. The molecule has 4 heterocycles. The predicted octanol–water partition coefficient (Wildman–Crippen LogP) is -0.228. The van der Waals surface area contributed by atoms with E-state index in [1.807, 2.05) is 0 Å². The van der Waals surface area contributed by atoms with Gasteiger partial charge in [-0.3, -0.25) is 15.0 Å². The van der Waals surface area contributed by atoms with E-state index in [1.165, 1.54) is 16.9 Å². The number of hydrogen-bond donors (Lipinski definition) is 3. The molecular weight excluding hydrogens is 314 g/mol. The van der Waals surface area contributed by atoms with Crippen molar-refractivity contribution in [2.24, 2.45) is 0 Å². The fourth-order valence-corrected chi connectivity index (χ4v) is 3.42. The zero-order valence-corrected chi connectivity index (χ0v) is 13.1. The van der Waals surface area contributed by atoms with Crippen LogP contribution in [0.3, 0.4) is 0 Å². The quantitative estimate of drug-likeness (QED) is 0.697. The van der Waals surface area contributed by atoms with Crippen LogP contribution in [0.1, 0.15) is 20.9 Å². The van der Waals surface area contributed by atoms with E-state index in [2.05, 4.69) is 16.2 Å². The van der Waals surface area contributed by atoms with Crippen LogP contribution in [0, 0.1) is 16.7 Å². The Labute approximate surface area is 138 Å². The number of aromatic nitrogens is 3. The first-order chi connectivity index (χ1) is 11.8. The molecule has 0 aromatic carbocycles. The first-order valence-electron chi connectivity index (χ1n) is 7.99. The molecule has 0 amide bonds. The highest BCUT2D eigenvalue weighted by atomic mass is 16.8. The Morgan fingerprint density at radius 3 is 3.04 bits per heavy atom. The molecule has 2 fully saturated rings. The van der Waals surface area contributed by atoms with Crippen molar-refractivity contribution in [2.75, 3.05) is 6.61 Å². The first kappa shape index (κ1) is 14.1. The summed E-state index contributed by atoms with van der Waals surface area (Å²) in [6.07, 6.45) is -0.868. The molecule has 2 aliphatic heterocycles. The lowest BCUT2D eigenvalue weighted by Crippen LogP contribution is -2.41. The second-order valence-electron chi connectivity index (χ2n) is 6.30. The van der Waals surface area contributed by atoms with E-state index >= 15 is 0 Å². The summed E-state index contributed by atoms with van der Waals surface area (Å²) in [4.78, 5) is 3.83. The minimum absolute atomic E-state index is 0.0322. The lowest BCUT2D eigenvalue weighted by molar-refractivity contribution is -0.204. The third-order valence-corrected chi connectivity index (χ3v) is 4.37. The first-order valence-corrected chi connectivity index (χ1v) is 7.49. The van der Waals surface area contributed by atoms with E-state index < -0.39 is 29.7 Å². The second kappa shape index (κ2) is 4.87. The Morgan fingerprint density at radius 2 is 2.33 bits per heavy atom. The van der Waals surface area contributed by atoms with E-state index in [0.29, 0.717) is 5.69 Å². The largest absolute Gasteiger partial charge is 0.394 e. The van der Waals surface area contributed by atoms with E-state index in [0.717, 1.165) is 0 Å². The molecule has 1 unspecified atom stereocenters. The Balaban J connectivity index is 1.95.